The van der Waals surface area contributed by atoms with Gasteiger partial charge in [0.25, 0.3) is 0 Å². The molecule has 0 aromatic heterocycles. The van der Waals surface area contributed by atoms with Crippen LogP contribution in [0.4, 0.5) is 0 Å². The van der Waals surface area contributed by atoms with Crippen molar-refractivity contribution in [3.05, 3.63) is 0 Å². The number of halogens is 3. The molecule has 0 atom stereocenters. The van der Waals surface area contributed by atoms with Gasteiger partial charge in [-0.15, -0.1) is 8.67 Å². The van der Waals surface area contributed by atoms with Gasteiger partial charge in [-0.1, -0.05) is 0 Å². The minimum atomic E-state index is -5.31. The monoisotopic (exact) mass is 477 g/mol. The van der Waals surface area contributed by atoms with Crippen LogP contribution in [0.1, 0.15) is 0 Å². The molecule has 0 fully saturated rings. The molecule has 0 aliphatic rings. The van der Waals surface area contributed by atoms with E-state index in [4.69, 9.17) is 29.1 Å². The summed E-state index contributed by atoms with van der Waals surface area (Å²) >= 11 is -1.75. The van der Waals surface area contributed by atoms with Crippen molar-refractivity contribution < 1.29 is 150 Å². The average molecular weight is 478 g/mol. The smallest absolute Gasteiger partial charge is 1.00 e. The van der Waals surface area contributed by atoms with E-state index in [0.717, 1.165) is 0 Å². The van der Waals surface area contributed by atoms with Gasteiger partial charge in [0, 0.05) is 0 Å². The van der Waals surface area contributed by atoms with Gasteiger partial charge in [-0.2, -0.15) is 0 Å². The molecule has 0 aliphatic heterocycles. The van der Waals surface area contributed by atoms with E-state index in [1.807, 2.05) is 0 Å². The summed E-state index contributed by atoms with van der Waals surface area (Å²) in [7, 11) is 4.23. The van der Waals surface area contributed by atoms with Crippen LogP contribution in [0.2, 0.25) is 0 Å². The van der Waals surface area contributed by atoms with Gasteiger partial charge in [0.05, 0.1) is 0 Å². The van der Waals surface area contributed by atoms with E-state index in [0.29, 0.717) is 0 Å². The molecule has 0 bridgehead atoms. The second-order valence-corrected chi connectivity index (χ2v) is 10.9. The fourth-order valence-corrected chi connectivity index (χ4v) is 0.612. The zero-order chi connectivity index (χ0) is 12.0. The SMILES string of the molecule is O=S(=O)([O-])OOS(=O)(=O)[O-].[Cl][Ru]([Cl])[Cl].[K+].[K+]. The standard InChI is InChI=1S/3ClH.2K.H2O8S2.Ru/c;;;;;1-9(2,3)7-8-10(4,5)6;/h3*1H;;;(H,1,2,3)(H,4,5,6);/q;;;2*+1;;+3/p-5. The van der Waals surface area contributed by atoms with Crippen molar-refractivity contribution in [2.75, 3.05) is 0 Å². The van der Waals surface area contributed by atoms with Crippen LogP contribution in [0.3, 0.4) is 0 Å². The summed E-state index contributed by atoms with van der Waals surface area (Å²) < 4.78 is 61.5. The summed E-state index contributed by atoms with van der Waals surface area (Å²) in [4.78, 5) is 0. The summed E-state index contributed by atoms with van der Waals surface area (Å²) in [5, 5.41) is 0. The zero-order valence-electron chi connectivity index (χ0n) is 7.57. The molecule has 16 heavy (non-hydrogen) atoms. The molecule has 0 saturated heterocycles. The molecule has 0 N–H and O–H groups in total. The maximum absolute atomic E-state index is 9.37. The van der Waals surface area contributed by atoms with Crippen LogP contribution >= 0.6 is 29.1 Å². The fraction of sp³-hybridized carbons (Fsp3) is 0. The van der Waals surface area contributed by atoms with Crippen LogP contribution in [0, 0.1) is 0 Å². The number of hydrogen-bond donors (Lipinski definition) is 0. The third-order valence-corrected chi connectivity index (χ3v) is 0.750. The Bertz CT molecular complexity index is 302. The third-order valence-electron chi connectivity index (χ3n) is 0.194. The summed E-state index contributed by atoms with van der Waals surface area (Å²) in [6.45, 7) is 0. The molecule has 0 unspecified atom stereocenters. The molecule has 0 aromatic carbocycles. The number of hydrogen-bond acceptors (Lipinski definition) is 8. The van der Waals surface area contributed by atoms with Gasteiger partial charge >= 0.3 is 145 Å². The van der Waals surface area contributed by atoms with Crippen molar-refractivity contribution in [2.24, 2.45) is 0 Å². The second-order valence-electron chi connectivity index (χ2n) is 1.10. The third kappa shape index (κ3) is 42.8. The van der Waals surface area contributed by atoms with Crippen molar-refractivity contribution in [3.8, 4) is 0 Å². The minimum Gasteiger partial charge on any atom is 1.00 e. The van der Waals surface area contributed by atoms with Crippen molar-refractivity contribution in [1.29, 1.82) is 0 Å². The summed E-state index contributed by atoms with van der Waals surface area (Å²) in [5.74, 6) is 0. The van der Waals surface area contributed by atoms with Gasteiger partial charge in [-0.25, -0.2) is 16.8 Å². The Morgan fingerprint density at radius 1 is 0.812 bits per heavy atom. The van der Waals surface area contributed by atoms with Gasteiger partial charge in [0.1, 0.15) is 0 Å². The van der Waals surface area contributed by atoms with Gasteiger partial charge in [0.15, 0.2) is 0 Å². The number of rotatable bonds is 3. The van der Waals surface area contributed by atoms with E-state index in [1.165, 1.54) is 0 Å². The van der Waals surface area contributed by atoms with Crippen LogP contribution in [0.25, 0.3) is 0 Å². The first kappa shape index (κ1) is 28.6. The Hall–Kier alpha value is 4.51. The molecule has 0 amide bonds. The quantitative estimate of drug-likeness (QED) is 0.129. The summed E-state index contributed by atoms with van der Waals surface area (Å²) in [6.07, 6.45) is 0. The van der Waals surface area contributed by atoms with E-state index >= 15 is 0 Å². The molecule has 0 rings (SSSR count). The second kappa shape index (κ2) is 14.4. The van der Waals surface area contributed by atoms with Crippen molar-refractivity contribution >= 4 is 49.9 Å². The van der Waals surface area contributed by atoms with E-state index in [9.17, 15) is 25.9 Å². The van der Waals surface area contributed by atoms with E-state index in [1.54, 1.807) is 0 Å². The maximum Gasteiger partial charge on any atom is 1.00 e. The molecule has 91 valence electrons. The molecule has 0 aromatic rings. The molecular weight excluding hydrogens is 478 g/mol. The largest absolute Gasteiger partial charge is 1.00 e. The van der Waals surface area contributed by atoms with Crippen LogP contribution in [0.5, 0.6) is 0 Å². The molecular formula is Cl3K2O8RuS2. The Balaban J connectivity index is -0.000000105. The average Bonchev–Trinajstić information content (AvgIpc) is 1.79. The summed E-state index contributed by atoms with van der Waals surface area (Å²) in [6, 6.07) is 0. The molecule has 0 saturated carbocycles. The fourth-order valence-electron chi connectivity index (χ4n) is 0.0680. The molecule has 8 nitrogen and oxygen atoms in total. The van der Waals surface area contributed by atoms with Gasteiger partial charge in [-0.3, -0.25) is 0 Å². The van der Waals surface area contributed by atoms with Gasteiger partial charge in [-0.05, 0) is 0 Å². The normalized spacial score (nSPS) is 11.2. The van der Waals surface area contributed by atoms with Gasteiger partial charge in [0.2, 0.25) is 20.8 Å². The molecule has 0 radical (unpaired) electrons. The summed E-state index contributed by atoms with van der Waals surface area (Å²) in [5.41, 5.74) is 0. The Morgan fingerprint density at radius 3 is 1.00 bits per heavy atom. The van der Waals surface area contributed by atoms with E-state index < -0.39 is 33.8 Å². The van der Waals surface area contributed by atoms with Crippen molar-refractivity contribution in [3.63, 3.8) is 0 Å². The Morgan fingerprint density at radius 2 is 0.938 bits per heavy atom. The maximum atomic E-state index is 9.37. The minimum absolute atomic E-state index is 0. The van der Waals surface area contributed by atoms with E-state index in [2.05, 4.69) is 8.67 Å². The first-order valence-electron chi connectivity index (χ1n) is 1.90. The topological polar surface area (TPSA) is 133 Å². The first-order valence-corrected chi connectivity index (χ1v) is 11.3. The van der Waals surface area contributed by atoms with Crippen LogP contribution in [-0.2, 0) is 42.4 Å². The Labute approximate surface area is 195 Å². The molecule has 0 heterocycles. The van der Waals surface area contributed by atoms with Crippen molar-refractivity contribution in [1.82, 2.24) is 0 Å². The molecule has 0 aliphatic carbocycles. The van der Waals surface area contributed by atoms with Gasteiger partial charge < -0.3 is 9.11 Å². The van der Waals surface area contributed by atoms with Crippen molar-refractivity contribution in [2.45, 2.75) is 0 Å². The Kier molecular flexibility index (Phi) is 25.9. The molecule has 0 spiro atoms. The van der Waals surface area contributed by atoms with Crippen LogP contribution in [0.15, 0.2) is 0 Å². The van der Waals surface area contributed by atoms with Crippen LogP contribution < -0.4 is 103 Å². The predicted molar refractivity (Wildman–Crippen MR) is 39.1 cm³/mol. The molecule has 16 heteroatoms. The zero-order valence-corrected chi connectivity index (χ0v) is 19.5. The van der Waals surface area contributed by atoms with Crippen LogP contribution in [-0.4, -0.2) is 25.9 Å². The van der Waals surface area contributed by atoms with E-state index in [-0.39, 0.29) is 103 Å². The first-order chi connectivity index (χ1) is 5.94. The predicted octanol–water partition coefficient (Wildman–Crippen LogP) is -6.07.